The summed E-state index contributed by atoms with van der Waals surface area (Å²) in [7, 11) is 2.99. The third-order valence-electron chi connectivity index (χ3n) is 3.50. The molecular weight excluding hydrogens is 313 g/mol. The number of carbonyl (C=O) groups excluding carboxylic acids is 1. The fourth-order valence-corrected chi connectivity index (χ4v) is 2.28. The minimum absolute atomic E-state index is 0.154. The number of carbonyl (C=O) groups is 1. The molecule has 1 heterocycles. The number of rotatable bonds is 6. The number of aryl methyl sites for hydroxylation is 1. The molecule has 0 N–H and O–H groups in total. The molecule has 0 bridgehead atoms. The molecule has 2 aromatic rings. The van der Waals surface area contributed by atoms with Gasteiger partial charge in [-0.15, -0.1) is 0 Å². The molecule has 7 heteroatoms. The Morgan fingerprint density at radius 1 is 1.33 bits per heavy atom. The van der Waals surface area contributed by atoms with Crippen molar-refractivity contribution in [3.05, 3.63) is 57.8 Å². The number of hydrogen-bond acceptors (Lipinski definition) is 4. The molecular formula is C17H20FN3O3. The second kappa shape index (κ2) is 7.72. The molecule has 1 amide bonds. The molecule has 0 aliphatic carbocycles. The predicted molar refractivity (Wildman–Crippen MR) is 87.5 cm³/mol. The van der Waals surface area contributed by atoms with Gasteiger partial charge in [-0.25, -0.2) is 9.07 Å². The number of ether oxygens (including phenoxy) is 1. The summed E-state index contributed by atoms with van der Waals surface area (Å²) in [5.41, 5.74) is 0.568. The summed E-state index contributed by atoms with van der Waals surface area (Å²) in [6, 6.07) is 7.27. The van der Waals surface area contributed by atoms with E-state index < -0.39 is 5.82 Å². The van der Waals surface area contributed by atoms with Crippen LogP contribution < -0.4 is 10.3 Å². The standard InChI is InChI=1S/C17H20FN3O3/c1-4-9-21-16(22)8-6-14(19-21)17(23)20(2)11-12-5-7-15(24-3)13(18)10-12/h5-8,10H,4,9,11H2,1-3H3. The van der Waals surface area contributed by atoms with E-state index in [0.29, 0.717) is 12.1 Å². The predicted octanol–water partition coefficient (Wildman–Crippen LogP) is 2.07. The lowest BCUT2D eigenvalue weighted by Gasteiger charge is -2.17. The highest BCUT2D eigenvalue weighted by Crippen LogP contribution is 2.18. The fourth-order valence-electron chi connectivity index (χ4n) is 2.28. The Morgan fingerprint density at radius 2 is 2.08 bits per heavy atom. The number of benzene rings is 1. The van der Waals surface area contributed by atoms with Gasteiger partial charge in [0.25, 0.3) is 11.5 Å². The SMILES string of the molecule is CCCn1nc(C(=O)N(C)Cc2ccc(OC)c(F)c2)ccc1=O. The summed E-state index contributed by atoms with van der Waals surface area (Å²) >= 11 is 0. The summed E-state index contributed by atoms with van der Waals surface area (Å²) in [6.07, 6.45) is 0.742. The van der Waals surface area contributed by atoms with Gasteiger partial charge in [0.2, 0.25) is 0 Å². The first-order valence-corrected chi connectivity index (χ1v) is 7.62. The maximum absolute atomic E-state index is 13.7. The summed E-state index contributed by atoms with van der Waals surface area (Å²) in [6.45, 7) is 2.59. The van der Waals surface area contributed by atoms with Gasteiger partial charge in [0.15, 0.2) is 11.6 Å². The van der Waals surface area contributed by atoms with Crippen LogP contribution in [-0.4, -0.2) is 34.7 Å². The van der Waals surface area contributed by atoms with E-state index in [1.807, 2.05) is 6.92 Å². The van der Waals surface area contributed by atoms with E-state index in [4.69, 9.17) is 4.74 Å². The van der Waals surface area contributed by atoms with Crippen LogP contribution in [0.2, 0.25) is 0 Å². The van der Waals surface area contributed by atoms with Gasteiger partial charge in [0, 0.05) is 26.2 Å². The van der Waals surface area contributed by atoms with Gasteiger partial charge in [-0.1, -0.05) is 13.0 Å². The number of hydrogen-bond donors (Lipinski definition) is 0. The maximum atomic E-state index is 13.7. The average Bonchev–Trinajstić information content (AvgIpc) is 2.56. The minimum atomic E-state index is -0.481. The van der Waals surface area contributed by atoms with E-state index in [9.17, 15) is 14.0 Å². The zero-order valence-electron chi connectivity index (χ0n) is 14.0. The number of nitrogens with zero attached hydrogens (tertiary/aromatic N) is 3. The second-order valence-corrected chi connectivity index (χ2v) is 5.41. The maximum Gasteiger partial charge on any atom is 0.274 e. The number of halogens is 1. The highest BCUT2D eigenvalue weighted by molar-refractivity contribution is 5.91. The Kier molecular flexibility index (Phi) is 5.68. The summed E-state index contributed by atoms with van der Waals surface area (Å²) < 4.78 is 19.9. The summed E-state index contributed by atoms with van der Waals surface area (Å²) in [4.78, 5) is 25.5. The average molecular weight is 333 g/mol. The molecule has 0 unspecified atom stereocenters. The molecule has 1 aromatic heterocycles. The first-order chi connectivity index (χ1) is 11.5. The lowest BCUT2D eigenvalue weighted by Crippen LogP contribution is -2.31. The van der Waals surface area contributed by atoms with Gasteiger partial charge < -0.3 is 9.64 Å². The number of methoxy groups -OCH3 is 1. The molecule has 2 rings (SSSR count). The van der Waals surface area contributed by atoms with Crippen molar-refractivity contribution in [2.75, 3.05) is 14.2 Å². The normalized spacial score (nSPS) is 10.5. The van der Waals surface area contributed by atoms with Crippen molar-refractivity contribution < 1.29 is 13.9 Å². The monoisotopic (exact) mass is 333 g/mol. The van der Waals surface area contributed by atoms with Gasteiger partial charge in [-0.2, -0.15) is 5.10 Å². The molecule has 0 fully saturated rings. The number of aromatic nitrogens is 2. The largest absolute Gasteiger partial charge is 0.494 e. The quantitative estimate of drug-likeness (QED) is 0.812. The van der Waals surface area contributed by atoms with Gasteiger partial charge in [0.1, 0.15) is 5.69 Å². The van der Waals surface area contributed by atoms with E-state index in [1.165, 1.54) is 41.0 Å². The Balaban J connectivity index is 2.16. The van der Waals surface area contributed by atoms with Crippen LogP contribution in [0, 0.1) is 5.82 Å². The zero-order valence-corrected chi connectivity index (χ0v) is 14.0. The van der Waals surface area contributed by atoms with Crippen LogP contribution in [0.5, 0.6) is 5.75 Å². The van der Waals surface area contributed by atoms with E-state index in [2.05, 4.69) is 5.10 Å². The van der Waals surface area contributed by atoms with E-state index in [0.717, 1.165) is 6.42 Å². The van der Waals surface area contributed by atoms with Crippen LogP contribution in [0.1, 0.15) is 29.4 Å². The van der Waals surface area contributed by atoms with Gasteiger partial charge in [-0.05, 0) is 30.2 Å². The molecule has 0 saturated heterocycles. The lowest BCUT2D eigenvalue weighted by molar-refractivity contribution is 0.0776. The van der Waals surface area contributed by atoms with E-state index >= 15 is 0 Å². The van der Waals surface area contributed by atoms with Crippen molar-refractivity contribution >= 4 is 5.91 Å². The van der Waals surface area contributed by atoms with Crippen molar-refractivity contribution in [2.24, 2.45) is 0 Å². The molecule has 6 nitrogen and oxygen atoms in total. The van der Waals surface area contributed by atoms with Crippen molar-refractivity contribution in [1.29, 1.82) is 0 Å². The molecule has 0 atom stereocenters. The highest BCUT2D eigenvalue weighted by Gasteiger charge is 2.15. The first-order valence-electron chi connectivity index (χ1n) is 7.62. The summed E-state index contributed by atoms with van der Waals surface area (Å²) in [5, 5.41) is 4.09. The molecule has 1 aromatic carbocycles. The highest BCUT2D eigenvalue weighted by atomic mass is 19.1. The van der Waals surface area contributed by atoms with E-state index in [1.54, 1.807) is 13.1 Å². The molecule has 0 radical (unpaired) electrons. The third-order valence-corrected chi connectivity index (χ3v) is 3.50. The van der Waals surface area contributed by atoms with Crippen molar-refractivity contribution in [2.45, 2.75) is 26.4 Å². The topological polar surface area (TPSA) is 64.4 Å². The van der Waals surface area contributed by atoms with Gasteiger partial charge >= 0.3 is 0 Å². The Morgan fingerprint density at radius 3 is 2.71 bits per heavy atom. The fraction of sp³-hybridized carbons (Fsp3) is 0.353. The van der Waals surface area contributed by atoms with Gasteiger partial charge in [-0.3, -0.25) is 9.59 Å². The van der Waals surface area contributed by atoms with E-state index in [-0.39, 0.29) is 29.5 Å². The van der Waals surface area contributed by atoms with Crippen LogP contribution in [0.3, 0.4) is 0 Å². The van der Waals surface area contributed by atoms with Crippen LogP contribution in [0.15, 0.2) is 35.1 Å². The second-order valence-electron chi connectivity index (χ2n) is 5.41. The Labute approximate surface area is 139 Å². The zero-order chi connectivity index (χ0) is 17.7. The van der Waals surface area contributed by atoms with Crippen molar-refractivity contribution in [3.63, 3.8) is 0 Å². The van der Waals surface area contributed by atoms with Crippen LogP contribution in [0.25, 0.3) is 0 Å². The minimum Gasteiger partial charge on any atom is -0.494 e. The molecule has 0 saturated carbocycles. The Bertz CT molecular complexity index is 789. The molecule has 128 valence electrons. The van der Waals surface area contributed by atoms with Crippen molar-refractivity contribution in [1.82, 2.24) is 14.7 Å². The van der Waals surface area contributed by atoms with Crippen LogP contribution >= 0.6 is 0 Å². The van der Waals surface area contributed by atoms with Crippen LogP contribution in [-0.2, 0) is 13.1 Å². The summed E-state index contributed by atoms with van der Waals surface area (Å²) in [5.74, 6) is -0.664. The van der Waals surface area contributed by atoms with Crippen molar-refractivity contribution in [3.8, 4) is 5.75 Å². The molecule has 0 aliphatic rings. The first kappa shape index (κ1) is 17.7. The van der Waals surface area contributed by atoms with Crippen LogP contribution in [0.4, 0.5) is 4.39 Å². The lowest BCUT2D eigenvalue weighted by atomic mass is 10.2. The molecule has 0 spiro atoms. The van der Waals surface area contributed by atoms with Gasteiger partial charge in [0.05, 0.1) is 7.11 Å². The third kappa shape index (κ3) is 3.98. The molecule has 24 heavy (non-hydrogen) atoms. The smallest absolute Gasteiger partial charge is 0.274 e. The number of amides is 1. The Hall–Kier alpha value is -2.70. The molecule has 0 aliphatic heterocycles.